The largest absolute Gasteiger partial charge is 0.480 e. The van der Waals surface area contributed by atoms with Crippen LogP contribution >= 0.6 is 0 Å². The number of carbonyl (C=O) groups is 1. The second kappa shape index (κ2) is 2.96. The van der Waals surface area contributed by atoms with Gasteiger partial charge in [-0.3, -0.25) is 4.79 Å². The zero-order chi connectivity index (χ0) is 8.36. The molecule has 0 bridgehead atoms. The number of aliphatic carboxylic acids is 1. The van der Waals surface area contributed by atoms with E-state index in [1.165, 1.54) is 13.8 Å². The van der Waals surface area contributed by atoms with E-state index in [0.29, 0.717) is 0 Å². The molecule has 0 fully saturated rings. The molecule has 0 aliphatic rings. The number of halogens is 1. The fourth-order valence-corrected chi connectivity index (χ4v) is 0.610. The van der Waals surface area contributed by atoms with Crippen molar-refractivity contribution in [1.82, 2.24) is 0 Å². The normalized spacial score (nSPS) is 14.8. The second-order valence-corrected chi connectivity index (χ2v) is 2.87. The minimum atomic E-state index is -1.50. The van der Waals surface area contributed by atoms with Crippen LogP contribution in [0.1, 0.15) is 20.3 Å². The summed E-state index contributed by atoms with van der Waals surface area (Å²) in [6.07, 6.45) is -0.150. The molecule has 0 aromatic heterocycles. The first-order chi connectivity index (χ1) is 4.33. The van der Waals surface area contributed by atoms with Gasteiger partial charge < -0.3 is 10.8 Å². The molecule has 60 valence electrons. The molecular weight excluding hydrogens is 137 g/mol. The van der Waals surface area contributed by atoms with E-state index in [-0.39, 0.29) is 6.42 Å². The Hall–Kier alpha value is -0.640. The predicted octanol–water partition coefficient (Wildman–Crippen LogP) is 0.536. The van der Waals surface area contributed by atoms with Gasteiger partial charge in [0.1, 0.15) is 11.7 Å². The van der Waals surface area contributed by atoms with Crippen molar-refractivity contribution in [2.75, 3.05) is 0 Å². The summed E-state index contributed by atoms with van der Waals surface area (Å²) in [5, 5.41) is 8.25. The maximum Gasteiger partial charge on any atom is 0.320 e. The Bertz CT molecular complexity index is 130. The van der Waals surface area contributed by atoms with Gasteiger partial charge in [-0.05, 0) is 13.8 Å². The van der Waals surface area contributed by atoms with Crippen LogP contribution < -0.4 is 5.73 Å². The molecule has 0 saturated carbocycles. The lowest BCUT2D eigenvalue weighted by atomic mass is 10.0. The minimum Gasteiger partial charge on any atom is -0.480 e. The average molecular weight is 149 g/mol. The first-order valence-electron chi connectivity index (χ1n) is 3.00. The molecule has 10 heavy (non-hydrogen) atoms. The quantitative estimate of drug-likeness (QED) is 0.615. The second-order valence-electron chi connectivity index (χ2n) is 2.87. The summed E-state index contributed by atoms with van der Waals surface area (Å²) in [5.41, 5.74) is 3.56. The van der Waals surface area contributed by atoms with Crippen LogP contribution in [0, 0.1) is 0 Å². The monoisotopic (exact) mass is 149 g/mol. The molecule has 0 aliphatic heterocycles. The van der Waals surface area contributed by atoms with Crippen molar-refractivity contribution in [3.05, 3.63) is 0 Å². The molecule has 0 radical (unpaired) electrons. The van der Waals surface area contributed by atoms with Crippen molar-refractivity contribution in [2.24, 2.45) is 5.73 Å². The van der Waals surface area contributed by atoms with Crippen LogP contribution in [-0.4, -0.2) is 22.8 Å². The SMILES string of the molecule is CC(C)(F)CC(N)C(=O)O. The lowest BCUT2D eigenvalue weighted by Crippen LogP contribution is -2.35. The van der Waals surface area contributed by atoms with Gasteiger partial charge >= 0.3 is 5.97 Å². The van der Waals surface area contributed by atoms with Crippen molar-refractivity contribution in [3.8, 4) is 0 Å². The molecule has 0 spiro atoms. The van der Waals surface area contributed by atoms with Gasteiger partial charge in [-0.25, -0.2) is 4.39 Å². The fourth-order valence-electron chi connectivity index (χ4n) is 0.610. The van der Waals surface area contributed by atoms with Gasteiger partial charge in [0.05, 0.1) is 0 Å². The van der Waals surface area contributed by atoms with E-state index < -0.39 is 17.7 Å². The zero-order valence-electron chi connectivity index (χ0n) is 6.10. The zero-order valence-corrected chi connectivity index (χ0v) is 6.10. The minimum absolute atomic E-state index is 0.150. The van der Waals surface area contributed by atoms with Gasteiger partial charge in [0.15, 0.2) is 0 Å². The summed E-state index contributed by atoms with van der Waals surface area (Å²) in [7, 11) is 0. The van der Waals surface area contributed by atoms with Crippen molar-refractivity contribution in [2.45, 2.75) is 32.0 Å². The molecule has 1 atom stereocenters. The number of carboxylic acid groups (broad SMARTS) is 1. The van der Waals surface area contributed by atoms with E-state index in [4.69, 9.17) is 10.8 Å². The third-order valence-corrected chi connectivity index (χ3v) is 1.02. The van der Waals surface area contributed by atoms with Crippen LogP contribution in [0.4, 0.5) is 4.39 Å². The first kappa shape index (κ1) is 9.36. The van der Waals surface area contributed by atoms with E-state index in [1.807, 2.05) is 0 Å². The first-order valence-corrected chi connectivity index (χ1v) is 3.00. The third-order valence-electron chi connectivity index (χ3n) is 1.02. The van der Waals surface area contributed by atoms with E-state index in [9.17, 15) is 9.18 Å². The summed E-state index contributed by atoms with van der Waals surface area (Å²) in [6, 6.07) is -1.10. The summed E-state index contributed by atoms with van der Waals surface area (Å²) in [4.78, 5) is 10.1. The van der Waals surface area contributed by atoms with Crippen LogP contribution in [0.25, 0.3) is 0 Å². The highest BCUT2D eigenvalue weighted by Crippen LogP contribution is 2.14. The molecule has 0 aromatic carbocycles. The third kappa shape index (κ3) is 4.26. The molecule has 0 aliphatic carbocycles. The highest BCUT2D eigenvalue weighted by molar-refractivity contribution is 5.73. The maximum absolute atomic E-state index is 12.7. The van der Waals surface area contributed by atoms with E-state index in [2.05, 4.69) is 0 Å². The van der Waals surface area contributed by atoms with Gasteiger partial charge in [0, 0.05) is 6.42 Å². The van der Waals surface area contributed by atoms with Gasteiger partial charge in [0.25, 0.3) is 0 Å². The van der Waals surface area contributed by atoms with Crippen LogP contribution in [0.5, 0.6) is 0 Å². The summed E-state index contributed by atoms with van der Waals surface area (Å²) < 4.78 is 12.7. The highest BCUT2D eigenvalue weighted by atomic mass is 19.1. The van der Waals surface area contributed by atoms with Crippen LogP contribution in [0.15, 0.2) is 0 Å². The number of rotatable bonds is 3. The number of carboxylic acids is 1. The van der Waals surface area contributed by atoms with Crippen LogP contribution in [0.3, 0.4) is 0 Å². The van der Waals surface area contributed by atoms with Gasteiger partial charge in [0.2, 0.25) is 0 Å². The van der Waals surface area contributed by atoms with Crippen LogP contribution in [-0.2, 0) is 4.79 Å². The standard InChI is InChI=1S/C6H12FNO2/c1-6(2,7)3-4(8)5(9)10/h4H,3,8H2,1-2H3,(H,9,10). The predicted molar refractivity (Wildman–Crippen MR) is 35.4 cm³/mol. The molecule has 0 rings (SSSR count). The van der Waals surface area contributed by atoms with Gasteiger partial charge in [-0.15, -0.1) is 0 Å². The average Bonchev–Trinajstić information content (AvgIpc) is 1.60. The Morgan fingerprint density at radius 1 is 1.80 bits per heavy atom. The topological polar surface area (TPSA) is 63.3 Å². The molecule has 0 amide bonds. The van der Waals surface area contributed by atoms with Crippen molar-refractivity contribution in [3.63, 3.8) is 0 Å². The fraction of sp³-hybridized carbons (Fsp3) is 0.833. The van der Waals surface area contributed by atoms with Crippen LogP contribution in [0.2, 0.25) is 0 Å². The molecule has 1 unspecified atom stereocenters. The summed E-state index contributed by atoms with van der Waals surface area (Å²) >= 11 is 0. The number of nitrogens with two attached hydrogens (primary N) is 1. The molecule has 0 heterocycles. The van der Waals surface area contributed by atoms with Gasteiger partial charge in [-0.1, -0.05) is 0 Å². The summed E-state index contributed by atoms with van der Waals surface area (Å²) in [6.45, 7) is 2.60. The van der Waals surface area contributed by atoms with Crippen molar-refractivity contribution in [1.29, 1.82) is 0 Å². The van der Waals surface area contributed by atoms with E-state index in [1.54, 1.807) is 0 Å². The number of hydrogen-bond acceptors (Lipinski definition) is 2. The van der Waals surface area contributed by atoms with Gasteiger partial charge in [-0.2, -0.15) is 0 Å². The van der Waals surface area contributed by atoms with E-state index in [0.717, 1.165) is 0 Å². The van der Waals surface area contributed by atoms with Crippen molar-refractivity contribution >= 4 is 5.97 Å². The molecule has 0 saturated heterocycles. The Balaban J connectivity index is 3.80. The number of hydrogen-bond donors (Lipinski definition) is 2. The lowest BCUT2D eigenvalue weighted by Gasteiger charge is -2.15. The Morgan fingerprint density at radius 2 is 2.20 bits per heavy atom. The molecule has 4 heteroatoms. The highest BCUT2D eigenvalue weighted by Gasteiger charge is 2.23. The lowest BCUT2D eigenvalue weighted by molar-refractivity contribution is -0.139. The molecule has 3 N–H and O–H groups in total. The Kier molecular flexibility index (Phi) is 2.77. The smallest absolute Gasteiger partial charge is 0.320 e. The molecular formula is C6H12FNO2. The van der Waals surface area contributed by atoms with E-state index >= 15 is 0 Å². The Morgan fingerprint density at radius 3 is 2.30 bits per heavy atom. The Labute approximate surface area is 59.0 Å². The summed E-state index contributed by atoms with van der Waals surface area (Å²) in [5.74, 6) is -1.16. The molecule has 0 aromatic rings. The maximum atomic E-state index is 12.7. The number of alkyl halides is 1. The molecule has 3 nitrogen and oxygen atoms in total. The van der Waals surface area contributed by atoms with Crippen molar-refractivity contribution < 1.29 is 14.3 Å².